The minimum Gasteiger partial charge on any atom is -0.389 e. The fourth-order valence-corrected chi connectivity index (χ4v) is 1.35. The number of carbonyl (C=O) groups is 1. The van der Waals surface area contributed by atoms with Gasteiger partial charge in [0.15, 0.2) is 0 Å². The maximum absolute atomic E-state index is 10.7. The zero-order valence-corrected chi connectivity index (χ0v) is 10.2. The standard InChI is InChI=1S/C13H22O2/c1-10(2)6-5-7-11(3)8-13(15)9-12(4)14/h6,8,13,15H,5,7,9H2,1-4H3/b11-8+. The summed E-state index contributed by atoms with van der Waals surface area (Å²) < 4.78 is 0. The highest BCUT2D eigenvalue weighted by Gasteiger charge is 2.03. The van der Waals surface area contributed by atoms with E-state index in [4.69, 9.17) is 0 Å². The van der Waals surface area contributed by atoms with Gasteiger partial charge in [0, 0.05) is 6.42 Å². The summed E-state index contributed by atoms with van der Waals surface area (Å²) in [5.41, 5.74) is 2.45. The summed E-state index contributed by atoms with van der Waals surface area (Å²) in [6.07, 6.45) is 5.50. The predicted molar refractivity (Wildman–Crippen MR) is 63.7 cm³/mol. The number of hydrogen-bond donors (Lipinski definition) is 1. The third-order valence-electron chi connectivity index (χ3n) is 2.06. The zero-order chi connectivity index (χ0) is 11.8. The first kappa shape index (κ1) is 14.1. The number of aliphatic hydroxyl groups is 1. The van der Waals surface area contributed by atoms with Gasteiger partial charge in [-0.3, -0.25) is 4.79 Å². The van der Waals surface area contributed by atoms with Gasteiger partial charge in [0.2, 0.25) is 0 Å². The van der Waals surface area contributed by atoms with Crippen LogP contribution in [0.25, 0.3) is 0 Å². The molecule has 2 heteroatoms. The largest absolute Gasteiger partial charge is 0.389 e. The maximum atomic E-state index is 10.7. The quantitative estimate of drug-likeness (QED) is 0.684. The zero-order valence-electron chi connectivity index (χ0n) is 10.2. The van der Waals surface area contributed by atoms with Crippen molar-refractivity contribution in [2.45, 2.75) is 53.1 Å². The highest BCUT2D eigenvalue weighted by atomic mass is 16.3. The van der Waals surface area contributed by atoms with Crippen LogP contribution in [0.3, 0.4) is 0 Å². The topological polar surface area (TPSA) is 37.3 Å². The molecule has 0 aromatic rings. The van der Waals surface area contributed by atoms with Crippen LogP contribution in [0, 0.1) is 0 Å². The van der Waals surface area contributed by atoms with Crippen LogP contribution in [0.4, 0.5) is 0 Å². The first-order chi connectivity index (χ1) is 6.91. The molecule has 2 nitrogen and oxygen atoms in total. The van der Waals surface area contributed by atoms with Gasteiger partial charge in [0.1, 0.15) is 5.78 Å². The Morgan fingerprint density at radius 1 is 1.27 bits per heavy atom. The molecule has 0 amide bonds. The molecule has 0 radical (unpaired) electrons. The molecule has 1 N–H and O–H groups in total. The monoisotopic (exact) mass is 210 g/mol. The Morgan fingerprint density at radius 3 is 2.33 bits per heavy atom. The normalized spacial score (nSPS) is 13.5. The number of carbonyl (C=O) groups excluding carboxylic acids is 1. The van der Waals surface area contributed by atoms with Crippen LogP contribution in [0.2, 0.25) is 0 Å². The third-order valence-corrected chi connectivity index (χ3v) is 2.06. The molecule has 0 fully saturated rings. The van der Waals surface area contributed by atoms with Crippen molar-refractivity contribution in [1.82, 2.24) is 0 Å². The van der Waals surface area contributed by atoms with Crippen molar-refractivity contribution in [3.8, 4) is 0 Å². The van der Waals surface area contributed by atoms with Crippen LogP contribution in [-0.2, 0) is 4.79 Å². The number of hydrogen-bond acceptors (Lipinski definition) is 2. The van der Waals surface area contributed by atoms with E-state index in [1.54, 1.807) is 6.08 Å². The van der Waals surface area contributed by atoms with Gasteiger partial charge in [-0.1, -0.05) is 23.3 Å². The first-order valence-corrected chi connectivity index (χ1v) is 5.40. The molecule has 15 heavy (non-hydrogen) atoms. The minimum absolute atomic E-state index is 0.0239. The molecule has 0 heterocycles. The van der Waals surface area contributed by atoms with E-state index in [2.05, 4.69) is 19.9 Å². The van der Waals surface area contributed by atoms with Crippen LogP contribution in [0.5, 0.6) is 0 Å². The van der Waals surface area contributed by atoms with Crippen LogP contribution in [0.15, 0.2) is 23.3 Å². The van der Waals surface area contributed by atoms with E-state index < -0.39 is 6.10 Å². The molecule has 0 aromatic carbocycles. The summed E-state index contributed by atoms with van der Waals surface area (Å²) >= 11 is 0. The summed E-state index contributed by atoms with van der Waals surface area (Å²) in [5, 5.41) is 9.49. The Labute approximate surface area is 92.7 Å². The molecular weight excluding hydrogens is 188 g/mol. The summed E-state index contributed by atoms with van der Waals surface area (Å²) in [6, 6.07) is 0. The Balaban J connectivity index is 3.97. The molecular formula is C13H22O2. The second kappa shape index (κ2) is 7.41. The van der Waals surface area contributed by atoms with Crippen LogP contribution in [0.1, 0.15) is 47.0 Å². The van der Waals surface area contributed by atoms with Crippen molar-refractivity contribution in [3.05, 3.63) is 23.3 Å². The summed E-state index contributed by atoms with van der Waals surface area (Å²) in [6.45, 7) is 7.63. The van der Waals surface area contributed by atoms with E-state index in [9.17, 15) is 9.90 Å². The summed E-state index contributed by atoms with van der Waals surface area (Å²) in [7, 11) is 0. The third kappa shape index (κ3) is 9.42. The molecule has 0 rings (SSSR count). The molecule has 1 atom stereocenters. The van der Waals surface area contributed by atoms with Crippen LogP contribution < -0.4 is 0 Å². The van der Waals surface area contributed by atoms with Gasteiger partial charge < -0.3 is 5.11 Å². The van der Waals surface area contributed by atoms with Crippen molar-refractivity contribution >= 4 is 5.78 Å². The summed E-state index contributed by atoms with van der Waals surface area (Å²) in [5.74, 6) is 0.0239. The average Bonchev–Trinajstić information content (AvgIpc) is 2.00. The molecule has 0 bridgehead atoms. The highest BCUT2D eigenvalue weighted by Crippen LogP contribution is 2.09. The van der Waals surface area contributed by atoms with E-state index in [-0.39, 0.29) is 12.2 Å². The van der Waals surface area contributed by atoms with Crippen LogP contribution in [-0.4, -0.2) is 17.0 Å². The molecule has 0 saturated carbocycles. The van der Waals surface area contributed by atoms with Gasteiger partial charge in [-0.15, -0.1) is 0 Å². The predicted octanol–water partition coefficient (Wildman–Crippen LogP) is 3.02. The second-order valence-electron chi connectivity index (χ2n) is 4.31. The van der Waals surface area contributed by atoms with E-state index in [1.165, 1.54) is 12.5 Å². The van der Waals surface area contributed by atoms with Crippen molar-refractivity contribution in [1.29, 1.82) is 0 Å². The number of ketones is 1. The first-order valence-electron chi connectivity index (χ1n) is 5.40. The number of aliphatic hydroxyl groups excluding tert-OH is 1. The SMILES string of the molecule is CC(=O)CC(O)/C=C(\C)CCC=C(C)C. The number of allylic oxidation sites excluding steroid dienone is 3. The van der Waals surface area contributed by atoms with E-state index in [0.717, 1.165) is 18.4 Å². The van der Waals surface area contributed by atoms with Gasteiger partial charge in [0.25, 0.3) is 0 Å². The van der Waals surface area contributed by atoms with Crippen molar-refractivity contribution in [3.63, 3.8) is 0 Å². The molecule has 0 spiro atoms. The molecule has 0 aliphatic heterocycles. The Hall–Kier alpha value is -0.890. The maximum Gasteiger partial charge on any atom is 0.132 e. The molecule has 1 unspecified atom stereocenters. The van der Waals surface area contributed by atoms with Crippen molar-refractivity contribution in [2.24, 2.45) is 0 Å². The van der Waals surface area contributed by atoms with E-state index >= 15 is 0 Å². The number of Topliss-reactive ketones (excluding diaryl/α,β-unsaturated/α-hetero) is 1. The number of rotatable bonds is 6. The Bertz CT molecular complexity index is 258. The van der Waals surface area contributed by atoms with E-state index in [1.807, 2.05) is 6.92 Å². The van der Waals surface area contributed by atoms with Crippen molar-refractivity contribution in [2.75, 3.05) is 0 Å². The molecule has 0 saturated heterocycles. The molecule has 0 aliphatic rings. The summed E-state index contributed by atoms with van der Waals surface area (Å²) in [4.78, 5) is 10.7. The highest BCUT2D eigenvalue weighted by molar-refractivity contribution is 5.76. The van der Waals surface area contributed by atoms with Gasteiger partial charge in [-0.25, -0.2) is 0 Å². The fourth-order valence-electron chi connectivity index (χ4n) is 1.35. The second-order valence-corrected chi connectivity index (χ2v) is 4.31. The lowest BCUT2D eigenvalue weighted by Crippen LogP contribution is -2.08. The van der Waals surface area contributed by atoms with Gasteiger partial charge in [-0.2, -0.15) is 0 Å². The smallest absolute Gasteiger partial charge is 0.132 e. The van der Waals surface area contributed by atoms with Gasteiger partial charge >= 0.3 is 0 Å². The fraction of sp³-hybridized carbons (Fsp3) is 0.615. The minimum atomic E-state index is -0.616. The van der Waals surface area contributed by atoms with Gasteiger partial charge in [0.05, 0.1) is 6.10 Å². The molecule has 0 aliphatic carbocycles. The Kier molecular flexibility index (Phi) is 6.97. The van der Waals surface area contributed by atoms with E-state index in [0.29, 0.717) is 0 Å². The van der Waals surface area contributed by atoms with Crippen LogP contribution >= 0.6 is 0 Å². The average molecular weight is 210 g/mol. The lowest BCUT2D eigenvalue weighted by atomic mass is 10.1. The molecule has 86 valence electrons. The Morgan fingerprint density at radius 2 is 1.87 bits per heavy atom. The lowest BCUT2D eigenvalue weighted by molar-refractivity contribution is -0.118. The van der Waals surface area contributed by atoms with Crippen molar-refractivity contribution < 1.29 is 9.90 Å². The molecule has 0 aromatic heterocycles. The lowest BCUT2D eigenvalue weighted by Gasteiger charge is -2.05. The van der Waals surface area contributed by atoms with Gasteiger partial charge in [-0.05, 0) is 40.5 Å².